The Morgan fingerprint density at radius 2 is 1.94 bits per heavy atom. The summed E-state index contributed by atoms with van der Waals surface area (Å²) in [6.07, 6.45) is 2.57. The molecule has 0 aliphatic carbocycles. The molecule has 3 amide bonds. The number of fused-ring (bicyclic) bond motifs is 1. The lowest BCUT2D eigenvalue weighted by Gasteiger charge is -2.35. The monoisotopic (exact) mass is 506 g/mol. The van der Waals surface area contributed by atoms with Crippen LogP contribution in [-0.2, 0) is 4.74 Å². The topological polar surface area (TPSA) is 103 Å². The van der Waals surface area contributed by atoms with Crippen molar-refractivity contribution < 1.29 is 24.2 Å². The van der Waals surface area contributed by atoms with E-state index in [1.54, 1.807) is 23.1 Å². The molecule has 1 aromatic carbocycles. The van der Waals surface area contributed by atoms with E-state index in [-0.39, 0.29) is 42.7 Å². The first-order chi connectivity index (χ1) is 17.0. The van der Waals surface area contributed by atoms with Gasteiger partial charge >= 0.3 is 6.03 Å². The average Bonchev–Trinajstić information content (AvgIpc) is 2.80. The number of aliphatic hydroxyl groups is 1. The molecule has 0 saturated carbocycles. The van der Waals surface area contributed by atoms with Gasteiger partial charge in [-0.15, -0.1) is 0 Å². The van der Waals surface area contributed by atoms with Crippen molar-refractivity contribution in [2.45, 2.75) is 78.2 Å². The summed E-state index contributed by atoms with van der Waals surface area (Å²) < 4.78 is 12.5. The van der Waals surface area contributed by atoms with E-state index >= 15 is 0 Å². The number of ether oxygens (including phenoxy) is 2. The molecular weight excluding hydrogens is 460 g/mol. The maximum atomic E-state index is 14.0. The molecule has 9 nitrogen and oxygen atoms in total. The number of likely N-dealkylation sites (N-methyl/N-ethyl adjacent to an activating group) is 1. The quantitative estimate of drug-likeness (QED) is 0.545. The van der Waals surface area contributed by atoms with Gasteiger partial charge in [0.15, 0.2) is 0 Å². The molecule has 0 unspecified atom stereocenters. The summed E-state index contributed by atoms with van der Waals surface area (Å²) in [6.45, 7) is 11.3. The van der Waals surface area contributed by atoms with Gasteiger partial charge in [0.05, 0.1) is 30.4 Å². The van der Waals surface area contributed by atoms with Crippen LogP contribution in [0.5, 0.6) is 5.75 Å². The molecule has 0 spiro atoms. The van der Waals surface area contributed by atoms with E-state index < -0.39 is 6.04 Å². The lowest BCUT2D eigenvalue weighted by atomic mass is 10.0. The Hall–Kier alpha value is -2.36. The minimum Gasteiger partial charge on any atom is -0.490 e. The van der Waals surface area contributed by atoms with Gasteiger partial charge < -0.3 is 35.0 Å². The molecule has 0 radical (unpaired) electrons. The molecule has 4 atom stereocenters. The van der Waals surface area contributed by atoms with Crippen molar-refractivity contribution in [2.24, 2.45) is 5.92 Å². The fraction of sp³-hybridized carbons (Fsp3) is 0.704. The molecule has 0 aromatic heterocycles. The van der Waals surface area contributed by atoms with E-state index in [0.717, 1.165) is 25.8 Å². The van der Waals surface area contributed by atoms with Crippen LogP contribution in [0, 0.1) is 5.92 Å². The van der Waals surface area contributed by atoms with Gasteiger partial charge in [0.2, 0.25) is 0 Å². The second-order valence-corrected chi connectivity index (χ2v) is 10.5. The zero-order chi connectivity index (χ0) is 26.8. The molecule has 204 valence electrons. The van der Waals surface area contributed by atoms with Crippen LogP contribution in [0.15, 0.2) is 18.2 Å². The van der Waals surface area contributed by atoms with Crippen molar-refractivity contribution in [3.8, 4) is 5.75 Å². The first-order valence-electron chi connectivity index (χ1n) is 13.1. The van der Waals surface area contributed by atoms with Gasteiger partial charge in [0, 0.05) is 37.3 Å². The summed E-state index contributed by atoms with van der Waals surface area (Å²) >= 11 is 0. The number of rotatable bonds is 6. The van der Waals surface area contributed by atoms with Gasteiger partial charge in [-0.2, -0.15) is 0 Å². The number of hydrogen-bond donors (Lipinski definition) is 3. The Balaban J connectivity index is 2.46. The van der Waals surface area contributed by atoms with E-state index in [1.165, 1.54) is 0 Å². The van der Waals surface area contributed by atoms with E-state index in [1.807, 2.05) is 41.8 Å². The van der Waals surface area contributed by atoms with Crippen LogP contribution in [0.2, 0.25) is 0 Å². The molecule has 36 heavy (non-hydrogen) atoms. The zero-order valence-corrected chi connectivity index (χ0v) is 23.0. The van der Waals surface area contributed by atoms with Gasteiger partial charge in [-0.25, -0.2) is 4.79 Å². The van der Waals surface area contributed by atoms with E-state index in [9.17, 15) is 14.7 Å². The molecule has 1 aliphatic rings. The van der Waals surface area contributed by atoms with E-state index in [0.29, 0.717) is 30.2 Å². The second kappa shape index (κ2) is 14.4. The number of carbonyl (C=O) groups excluding carboxylic acids is 2. The third kappa shape index (κ3) is 9.26. The number of nitrogens with one attached hydrogen (secondary N) is 2. The molecule has 3 N–H and O–H groups in total. The van der Waals surface area contributed by atoms with Gasteiger partial charge in [0.1, 0.15) is 5.75 Å². The maximum Gasteiger partial charge on any atom is 0.319 e. The number of hydrogen-bond acceptors (Lipinski definition) is 6. The summed E-state index contributed by atoms with van der Waals surface area (Å²) in [7, 11) is 4.03. The second-order valence-electron chi connectivity index (χ2n) is 10.5. The summed E-state index contributed by atoms with van der Waals surface area (Å²) in [4.78, 5) is 30.0. The maximum absolute atomic E-state index is 14.0. The third-order valence-electron chi connectivity index (χ3n) is 6.27. The predicted molar refractivity (Wildman–Crippen MR) is 143 cm³/mol. The number of carbonyl (C=O) groups is 2. The summed E-state index contributed by atoms with van der Waals surface area (Å²) in [6, 6.07) is 4.37. The minimum atomic E-state index is -0.404. The summed E-state index contributed by atoms with van der Waals surface area (Å²) in [5.74, 6) is 0.261. The SMILES string of the molecule is CC(C)NC(=O)Nc1ccc2c(c1)C(=O)N([C@@H](C)CO)C[C@@H](C)[C@H](CN(C)C)OCCCC[C@H](C)O2. The number of aliphatic hydroxyl groups excluding tert-OH is 1. The Bertz CT molecular complexity index is 847. The lowest BCUT2D eigenvalue weighted by molar-refractivity contribution is -0.0137. The number of anilines is 1. The van der Waals surface area contributed by atoms with Crippen LogP contribution < -0.4 is 15.4 Å². The van der Waals surface area contributed by atoms with Crippen LogP contribution in [0.3, 0.4) is 0 Å². The predicted octanol–water partition coefficient (Wildman–Crippen LogP) is 3.57. The van der Waals surface area contributed by atoms with Gasteiger partial charge in [-0.1, -0.05) is 6.92 Å². The van der Waals surface area contributed by atoms with Gasteiger partial charge in [-0.3, -0.25) is 4.79 Å². The Labute approximate surface area is 216 Å². The van der Waals surface area contributed by atoms with Crippen molar-refractivity contribution in [2.75, 3.05) is 45.7 Å². The molecule has 9 heteroatoms. The van der Waals surface area contributed by atoms with Crippen LogP contribution >= 0.6 is 0 Å². The Morgan fingerprint density at radius 1 is 1.22 bits per heavy atom. The van der Waals surface area contributed by atoms with Gasteiger partial charge in [0.25, 0.3) is 5.91 Å². The molecule has 0 saturated heterocycles. The molecule has 0 bridgehead atoms. The minimum absolute atomic E-state index is 0.0205. The Morgan fingerprint density at radius 3 is 2.58 bits per heavy atom. The van der Waals surface area contributed by atoms with Crippen molar-refractivity contribution in [1.82, 2.24) is 15.1 Å². The zero-order valence-electron chi connectivity index (χ0n) is 23.0. The highest BCUT2D eigenvalue weighted by atomic mass is 16.5. The van der Waals surface area contributed by atoms with Gasteiger partial charge in [-0.05, 0) is 79.3 Å². The van der Waals surface area contributed by atoms with Crippen molar-refractivity contribution >= 4 is 17.6 Å². The highest BCUT2D eigenvalue weighted by Gasteiger charge is 2.30. The van der Waals surface area contributed by atoms with Crippen molar-refractivity contribution in [3.63, 3.8) is 0 Å². The molecule has 1 aliphatic heterocycles. The normalized spacial score (nSPS) is 23.0. The standard InChI is InChI=1S/C27H46N4O5/c1-18(2)28-27(34)29-22-11-12-24-23(14-22)26(33)31(20(4)17-32)15-19(3)25(16-30(6)7)35-13-9-8-10-21(5)36-24/h11-12,14,18-21,25,32H,8-10,13,15-17H2,1-7H3,(H2,28,29,34)/t19-,20+,21+,25+/m1/s1. The number of nitrogens with zero attached hydrogens (tertiary/aromatic N) is 2. The first kappa shape index (κ1) is 29.9. The number of benzene rings is 1. The van der Waals surface area contributed by atoms with E-state index in [4.69, 9.17) is 9.47 Å². The summed E-state index contributed by atoms with van der Waals surface area (Å²) in [5.41, 5.74) is 0.856. The molecule has 0 fully saturated rings. The largest absolute Gasteiger partial charge is 0.490 e. The van der Waals surface area contributed by atoms with Crippen molar-refractivity contribution in [3.05, 3.63) is 23.8 Å². The molecular formula is C27H46N4O5. The molecule has 1 aromatic rings. The van der Waals surface area contributed by atoms with Crippen LogP contribution in [0.25, 0.3) is 0 Å². The molecule has 1 heterocycles. The molecule has 2 rings (SSSR count). The number of amides is 3. The highest BCUT2D eigenvalue weighted by molar-refractivity contribution is 5.99. The smallest absolute Gasteiger partial charge is 0.319 e. The van der Waals surface area contributed by atoms with Crippen LogP contribution in [0.4, 0.5) is 10.5 Å². The number of urea groups is 1. The van der Waals surface area contributed by atoms with Crippen molar-refractivity contribution in [1.29, 1.82) is 0 Å². The first-order valence-corrected chi connectivity index (χ1v) is 13.1. The third-order valence-corrected chi connectivity index (χ3v) is 6.27. The van der Waals surface area contributed by atoms with Crippen LogP contribution in [-0.4, -0.2) is 91.5 Å². The fourth-order valence-corrected chi connectivity index (χ4v) is 4.25. The van der Waals surface area contributed by atoms with Crippen LogP contribution in [0.1, 0.15) is 64.2 Å². The Kier molecular flexibility index (Phi) is 11.9. The summed E-state index contributed by atoms with van der Waals surface area (Å²) in [5, 5.41) is 15.6. The van der Waals surface area contributed by atoms with E-state index in [2.05, 4.69) is 22.5 Å². The highest BCUT2D eigenvalue weighted by Crippen LogP contribution is 2.28. The fourth-order valence-electron chi connectivity index (χ4n) is 4.25. The average molecular weight is 507 g/mol. The lowest BCUT2D eigenvalue weighted by Crippen LogP contribution is -2.47.